The van der Waals surface area contributed by atoms with E-state index in [2.05, 4.69) is 5.32 Å². The topological polar surface area (TPSA) is 81.7 Å². The van der Waals surface area contributed by atoms with Gasteiger partial charge in [0.25, 0.3) is 5.91 Å². The first-order valence-corrected chi connectivity index (χ1v) is 7.97. The molecule has 0 unspecified atom stereocenters. The Balaban J connectivity index is 3.03. The van der Waals surface area contributed by atoms with Crippen LogP contribution in [-0.2, 0) is 23.9 Å². The van der Waals surface area contributed by atoms with Gasteiger partial charge in [0, 0.05) is 6.92 Å². The number of amides is 1. The van der Waals surface area contributed by atoms with E-state index in [1.807, 2.05) is 13.0 Å². The molecule has 0 aliphatic carbocycles. The van der Waals surface area contributed by atoms with Crippen LogP contribution in [0.15, 0.2) is 30.3 Å². The van der Waals surface area contributed by atoms with Crippen molar-refractivity contribution >= 4 is 17.8 Å². The lowest BCUT2D eigenvalue weighted by molar-refractivity contribution is -0.167. The second-order valence-electron chi connectivity index (χ2n) is 5.77. The fraction of sp³-hybridized carbons (Fsp3) is 0.500. The highest BCUT2D eigenvalue weighted by Crippen LogP contribution is 2.22. The summed E-state index contributed by atoms with van der Waals surface area (Å²) in [6.45, 7) is 4.79. The normalized spacial score (nSPS) is 14.2. The number of nitrogens with one attached hydrogen (secondary N) is 1. The number of benzene rings is 1. The number of unbranched alkanes of at least 4 members (excludes halogenated alkanes) is 1. The van der Waals surface area contributed by atoms with Crippen LogP contribution in [0.1, 0.15) is 51.6 Å². The Morgan fingerprint density at radius 2 is 1.83 bits per heavy atom. The Hall–Kier alpha value is -2.37. The second-order valence-corrected chi connectivity index (χ2v) is 5.77. The summed E-state index contributed by atoms with van der Waals surface area (Å²) in [6.07, 6.45) is 1.94. The van der Waals surface area contributed by atoms with Crippen molar-refractivity contribution in [2.45, 2.75) is 51.7 Å². The highest BCUT2D eigenvalue weighted by atomic mass is 16.6. The molecule has 132 valence electrons. The molecule has 0 radical (unpaired) electrons. The SMILES string of the molecule is CCCC[C@](C)(OC(C)=O)C(=O)N[C@@H](C(=O)OC)c1ccccc1. The van der Waals surface area contributed by atoms with Gasteiger partial charge in [-0.25, -0.2) is 4.79 Å². The van der Waals surface area contributed by atoms with Crippen LogP contribution in [0.25, 0.3) is 0 Å². The molecule has 1 aromatic carbocycles. The average Bonchev–Trinajstić information content (AvgIpc) is 2.57. The van der Waals surface area contributed by atoms with Crippen molar-refractivity contribution < 1.29 is 23.9 Å². The summed E-state index contributed by atoms with van der Waals surface area (Å²) in [7, 11) is 1.26. The van der Waals surface area contributed by atoms with E-state index in [1.165, 1.54) is 14.0 Å². The van der Waals surface area contributed by atoms with E-state index >= 15 is 0 Å². The van der Waals surface area contributed by atoms with Crippen molar-refractivity contribution in [1.29, 1.82) is 0 Å². The number of ether oxygens (including phenoxy) is 2. The van der Waals surface area contributed by atoms with E-state index < -0.39 is 29.5 Å². The summed E-state index contributed by atoms with van der Waals surface area (Å²) < 4.78 is 10.0. The van der Waals surface area contributed by atoms with Crippen LogP contribution in [0.3, 0.4) is 0 Å². The summed E-state index contributed by atoms with van der Waals surface area (Å²) in [5, 5.41) is 2.65. The second kappa shape index (κ2) is 9.05. The number of hydrogen-bond donors (Lipinski definition) is 1. The molecular formula is C18H25NO5. The maximum atomic E-state index is 12.7. The largest absolute Gasteiger partial charge is 0.467 e. The first-order valence-electron chi connectivity index (χ1n) is 7.97. The maximum Gasteiger partial charge on any atom is 0.333 e. The minimum atomic E-state index is -1.33. The van der Waals surface area contributed by atoms with Crippen LogP contribution in [0.5, 0.6) is 0 Å². The molecule has 0 spiro atoms. The minimum absolute atomic E-state index is 0.373. The molecule has 0 aliphatic rings. The van der Waals surface area contributed by atoms with Crippen LogP contribution < -0.4 is 5.32 Å². The molecule has 1 N–H and O–H groups in total. The lowest BCUT2D eigenvalue weighted by Gasteiger charge is -2.29. The fourth-order valence-electron chi connectivity index (χ4n) is 2.37. The Labute approximate surface area is 142 Å². The summed E-state index contributed by atoms with van der Waals surface area (Å²) >= 11 is 0. The lowest BCUT2D eigenvalue weighted by atomic mass is 9.96. The fourth-order valence-corrected chi connectivity index (χ4v) is 2.37. The molecule has 0 saturated heterocycles. The summed E-state index contributed by atoms with van der Waals surface area (Å²) in [5.41, 5.74) is -0.735. The summed E-state index contributed by atoms with van der Waals surface area (Å²) in [5.74, 6) is -1.65. The van der Waals surface area contributed by atoms with E-state index in [-0.39, 0.29) is 0 Å². The predicted octanol–water partition coefficient (Wildman–Crippen LogP) is 2.53. The number of esters is 2. The lowest BCUT2D eigenvalue weighted by Crippen LogP contribution is -2.50. The molecule has 24 heavy (non-hydrogen) atoms. The molecule has 1 rings (SSSR count). The number of hydrogen-bond acceptors (Lipinski definition) is 5. The van der Waals surface area contributed by atoms with E-state index in [1.54, 1.807) is 31.2 Å². The average molecular weight is 335 g/mol. The zero-order chi connectivity index (χ0) is 18.2. The molecule has 6 heteroatoms. The first kappa shape index (κ1) is 19.7. The maximum absolute atomic E-state index is 12.7. The molecular weight excluding hydrogens is 310 g/mol. The van der Waals surface area contributed by atoms with Gasteiger partial charge in [0.15, 0.2) is 11.6 Å². The van der Waals surface area contributed by atoms with Gasteiger partial charge >= 0.3 is 11.9 Å². The van der Waals surface area contributed by atoms with Gasteiger partial charge in [0.1, 0.15) is 0 Å². The Morgan fingerprint density at radius 1 is 1.21 bits per heavy atom. The van der Waals surface area contributed by atoms with Gasteiger partial charge in [-0.2, -0.15) is 0 Å². The van der Waals surface area contributed by atoms with Crippen LogP contribution in [0, 0.1) is 0 Å². The molecule has 0 heterocycles. The van der Waals surface area contributed by atoms with Crippen molar-refractivity contribution in [2.75, 3.05) is 7.11 Å². The number of methoxy groups -OCH3 is 1. The highest BCUT2D eigenvalue weighted by molar-refractivity contribution is 5.91. The van der Waals surface area contributed by atoms with Crippen molar-refractivity contribution in [3.8, 4) is 0 Å². The molecule has 1 amide bonds. The van der Waals surface area contributed by atoms with E-state index in [0.717, 1.165) is 6.42 Å². The van der Waals surface area contributed by atoms with Gasteiger partial charge in [0.2, 0.25) is 0 Å². The standard InChI is InChI=1S/C18H25NO5/c1-5-6-12-18(3,24-13(2)20)17(22)19-15(16(21)23-4)14-10-8-7-9-11-14/h7-11,15H,5-6,12H2,1-4H3,(H,19,22)/t15-,18+/m1/s1. The van der Waals surface area contributed by atoms with Crippen molar-refractivity contribution in [3.63, 3.8) is 0 Å². The van der Waals surface area contributed by atoms with Crippen molar-refractivity contribution in [2.24, 2.45) is 0 Å². The van der Waals surface area contributed by atoms with E-state index in [0.29, 0.717) is 18.4 Å². The highest BCUT2D eigenvalue weighted by Gasteiger charge is 2.38. The molecule has 0 bridgehead atoms. The molecule has 2 atom stereocenters. The molecule has 6 nitrogen and oxygen atoms in total. The predicted molar refractivity (Wildman–Crippen MR) is 89.0 cm³/mol. The monoisotopic (exact) mass is 335 g/mol. The molecule has 0 fully saturated rings. The summed E-state index contributed by atoms with van der Waals surface area (Å²) in [6, 6.07) is 7.82. The smallest absolute Gasteiger partial charge is 0.333 e. The van der Waals surface area contributed by atoms with Crippen molar-refractivity contribution in [1.82, 2.24) is 5.32 Å². The van der Waals surface area contributed by atoms with Crippen LogP contribution in [0.4, 0.5) is 0 Å². The molecule has 0 saturated carbocycles. The van der Waals surface area contributed by atoms with Crippen LogP contribution in [-0.4, -0.2) is 30.6 Å². The first-order chi connectivity index (χ1) is 11.3. The number of carbonyl (C=O) groups is 3. The Kier molecular flexibility index (Phi) is 7.42. The third-order valence-electron chi connectivity index (χ3n) is 3.70. The van der Waals surface area contributed by atoms with Gasteiger partial charge in [-0.05, 0) is 25.3 Å². The third kappa shape index (κ3) is 5.37. The zero-order valence-corrected chi connectivity index (χ0v) is 14.6. The number of carbonyl (C=O) groups excluding carboxylic acids is 3. The van der Waals surface area contributed by atoms with E-state index in [4.69, 9.17) is 9.47 Å². The number of rotatable bonds is 8. The van der Waals surface area contributed by atoms with Crippen molar-refractivity contribution in [3.05, 3.63) is 35.9 Å². The van der Waals surface area contributed by atoms with Gasteiger partial charge in [-0.3, -0.25) is 9.59 Å². The van der Waals surface area contributed by atoms with Gasteiger partial charge < -0.3 is 14.8 Å². The van der Waals surface area contributed by atoms with Gasteiger partial charge in [0.05, 0.1) is 7.11 Å². The molecule has 0 aliphatic heterocycles. The zero-order valence-electron chi connectivity index (χ0n) is 14.6. The van der Waals surface area contributed by atoms with Crippen LogP contribution >= 0.6 is 0 Å². The minimum Gasteiger partial charge on any atom is -0.467 e. The van der Waals surface area contributed by atoms with Gasteiger partial charge in [-0.15, -0.1) is 0 Å². The summed E-state index contributed by atoms with van der Waals surface area (Å²) in [4.78, 5) is 36.2. The molecule has 0 aromatic heterocycles. The quantitative estimate of drug-likeness (QED) is 0.738. The molecule has 1 aromatic rings. The Bertz CT molecular complexity index is 572. The van der Waals surface area contributed by atoms with E-state index in [9.17, 15) is 14.4 Å². The third-order valence-corrected chi connectivity index (χ3v) is 3.70. The van der Waals surface area contributed by atoms with Gasteiger partial charge in [-0.1, -0.05) is 43.7 Å². The van der Waals surface area contributed by atoms with Crippen LogP contribution in [0.2, 0.25) is 0 Å². The Morgan fingerprint density at radius 3 is 2.33 bits per heavy atom.